The van der Waals surface area contributed by atoms with E-state index >= 15 is 0 Å². The molecule has 0 aliphatic carbocycles. The number of aromatic nitrogens is 2. The van der Waals surface area contributed by atoms with Crippen LogP contribution >= 0.6 is 11.6 Å². The quantitative estimate of drug-likeness (QED) is 0.787. The Morgan fingerprint density at radius 2 is 2.10 bits per heavy atom. The summed E-state index contributed by atoms with van der Waals surface area (Å²) in [5.74, 6) is -0.741. The summed E-state index contributed by atoms with van der Waals surface area (Å²) in [6.45, 7) is 7.65. The number of aliphatic carboxylic acids is 1. The van der Waals surface area contributed by atoms with E-state index in [-0.39, 0.29) is 16.9 Å². The Hall–Kier alpha value is -1.82. The number of aromatic amines is 1. The van der Waals surface area contributed by atoms with E-state index in [1.54, 1.807) is 13.0 Å². The van der Waals surface area contributed by atoms with Gasteiger partial charge in [-0.25, -0.2) is 9.78 Å². The SMILES string of the molecule is CCN(c1c(/C=C\C(C)C)nc(Cl)[nH]c1=O)C(C)C(=O)O. The Morgan fingerprint density at radius 3 is 2.57 bits per heavy atom. The summed E-state index contributed by atoms with van der Waals surface area (Å²) in [6, 6.07) is -0.842. The van der Waals surface area contributed by atoms with Crippen molar-refractivity contribution in [2.45, 2.75) is 33.7 Å². The minimum absolute atomic E-state index is 0.0220. The zero-order valence-corrected chi connectivity index (χ0v) is 13.3. The highest BCUT2D eigenvalue weighted by molar-refractivity contribution is 6.28. The fourth-order valence-electron chi connectivity index (χ4n) is 1.89. The van der Waals surface area contributed by atoms with Gasteiger partial charge in [0.2, 0.25) is 5.28 Å². The maximum Gasteiger partial charge on any atom is 0.326 e. The van der Waals surface area contributed by atoms with Gasteiger partial charge in [-0.15, -0.1) is 0 Å². The second-order valence-corrected chi connectivity index (χ2v) is 5.35. The van der Waals surface area contributed by atoms with E-state index < -0.39 is 17.6 Å². The number of anilines is 1. The molecule has 0 saturated heterocycles. The number of hydrogen-bond donors (Lipinski definition) is 2. The maximum atomic E-state index is 12.2. The first-order valence-electron chi connectivity index (χ1n) is 6.75. The molecule has 116 valence electrons. The lowest BCUT2D eigenvalue weighted by molar-refractivity contribution is -0.138. The smallest absolute Gasteiger partial charge is 0.326 e. The second-order valence-electron chi connectivity index (χ2n) is 4.99. The van der Waals surface area contributed by atoms with Gasteiger partial charge in [-0.2, -0.15) is 0 Å². The molecule has 1 aromatic heterocycles. The summed E-state index contributed by atoms with van der Waals surface area (Å²) >= 11 is 5.79. The lowest BCUT2D eigenvalue weighted by Crippen LogP contribution is -2.42. The first-order chi connectivity index (χ1) is 9.77. The Bertz CT molecular complexity index is 596. The van der Waals surface area contributed by atoms with Gasteiger partial charge in [0.25, 0.3) is 5.56 Å². The van der Waals surface area contributed by atoms with Crippen molar-refractivity contribution in [3.05, 3.63) is 27.4 Å². The number of likely N-dealkylation sites (N-methyl/N-ethyl adjacent to an activating group) is 1. The summed E-state index contributed by atoms with van der Waals surface area (Å²) in [4.78, 5) is 31.4. The van der Waals surface area contributed by atoms with Crippen LogP contribution in [0.2, 0.25) is 5.28 Å². The third-order valence-corrected chi connectivity index (χ3v) is 3.16. The average molecular weight is 314 g/mol. The summed E-state index contributed by atoms with van der Waals surface area (Å²) < 4.78 is 0. The lowest BCUT2D eigenvalue weighted by Gasteiger charge is -2.27. The van der Waals surface area contributed by atoms with Crippen LogP contribution in [-0.2, 0) is 4.79 Å². The number of nitrogens with one attached hydrogen (secondary N) is 1. The first-order valence-corrected chi connectivity index (χ1v) is 7.13. The van der Waals surface area contributed by atoms with Crippen LogP contribution < -0.4 is 10.5 Å². The van der Waals surface area contributed by atoms with Gasteiger partial charge >= 0.3 is 5.97 Å². The molecule has 1 unspecified atom stereocenters. The van der Waals surface area contributed by atoms with Crippen molar-refractivity contribution in [2.24, 2.45) is 5.92 Å². The fourth-order valence-corrected chi connectivity index (χ4v) is 2.07. The molecule has 2 N–H and O–H groups in total. The Balaban J connectivity index is 3.44. The Kier molecular flexibility index (Phi) is 5.96. The van der Waals surface area contributed by atoms with E-state index in [0.29, 0.717) is 12.2 Å². The van der Waals surface area contributed by atoms with Crippen LogP contribution in [0.25, 0.3) is 6.08 Å². The molecule has 1 heterocycles. The Morgan fingerprint density at radius 1 is 1.48 bits per heavy atom. The second kappa shape index (κ2) is 7.26. The van der Waals surface area contributed by atoms with Gasteiger partial charge in [0.05, 0.1) is 5.69 Å². The van der Waals surface area contributed by atoms with Crippen LogP contribution in [0, 0.1) is 5.92 Å². The van der Waals surface area contributed by atoms with Crippen molar-refractivity contribution in [3.63, 3.8) is 0 Å². The average Bonchev–Trinajstić information content (AvgIpc) is 2.38. The molecule has 1 rings (SSSR count). The van der Waals surface area contributed by atoms with E-state index in [4.69, 9.17) is 11.6 Å². The Labute approximate surface area is 128 Å². The van der Waals surface area contributed by atoms with Crippen molar-refractivity contribution in [1.29, 1.82) is 0 Å². The largest absolute Gasteiger partial charge is 0.480 e. The summed E-state index contributed by atoms with van der Waals surface area (Å²) in [5, 5.41) is 9.16. The van der Waals surface area contributed by atoms with Crippen molar-refractivity contribution in [1.82, 2.24) is 9.97 Å². The van der Waals surface area contributed by atoms with Gasteiger partial charge in [0.1, 0.15) is 11.7 Å². The number of H-pyrrole nitrogens is 1. The molecule has 6 nitrogen and oxygen atoms in total. The van der Waals surface area contributed by atoms with Gasteiger partial charge in [0, 0.05) is 6.54 Å². The van der Waals surface area contributed by atoms with Crippen LogP contribution in [-0.4, -0.2) is 33.6 Å². The molecule has 1 atom stereocenters. The van der Waals surface area contributed by atoms with E-state index in [2.05, 4.69) is 9.97 Å². The van der Waals surface area contributed by atoms with Crippen molar-refractivity contribution >= 4 is 29.3 Å². The molecule has 21 heavy (non-hydrogen) atoms. The maximum absolute atomic E-state index is 12.2. The van der Waals surface area contributed by atoms with Crippen LogP contribution in [0.5, 0.6) is 0 Å². The molecule has 0 aliphatic rings. The van der Waals surface area contributed by atoms with E-state index in [1.807, 2.05) is 19.9 Å². The first kappa shape index (κ1) is 17.2. The number of allylic oxidation sites excluding steroid dienone is 1. The molecule has 0 fully saturated rings. The number of nitrogens with zero attached hydrogens (tertiary/aromatic N) is 2. The molecular formula is C14H20ClN3O3. The topological polar surface area (TPSA) is 86.3 Å². The number of carbonyl (C=O) groups is 1. The van der Waals surface area contributed by atoms with Gasteiger partial charge in [-0.05, 0) is 37.4 Å². The molecule has 0 spiro atoms. The zero-order valence-electron chi connectivity index (χ0n) is 12.6. The predicted octanol–water partition coefficient (Wildman–Crippen LogP) is 2.39. The van der Waals surface area contributed by atoms with Gasteiger partial charge in [-0.1, -0.05) is 19.9 Å². The van der Waals surface area contributed by atoms with Crippen LogP contribution in [0.15, 0.2) is 10.9 Å². The molecule has 0 bridgehead atoms. The third kappa shape index (κ3) is 4.32. The number of carboxylic acids is 1. The van der Waals surface area contributed by atoms with E-state index in [0.717, 1.165) is 0 Å². The minimum Gasteiger partial charge on any atom is -0.480 e. The molecule has 1 aromatic rings. The minimum atomic E-state index is -1.01. The number of rotatable bonds is 6. The van der Waals surface area contributed by atoms with Crippen LogP contribution in [0.1, 0.15) is 33.4 Å². The molecule has 0 radical (unpaired) electrons. The molecular weight excluding hydrogens is 294 g/mol. The number of carboxylic acid groups (broad SMARTS) is 1. The lowest BCUT2D eigenvalue weighted by atomic mass is 10.1. The highest BCUT2D eigenvalue weighted by Crippen LogP contribution is 2.20. The molecule has 7 heteroatoms. The molecule has 0 saturated carbocycles. The molecule has 0 aromatic carbocycles. The van der Waals surface area contributed by atoms with Crippen molar-refractivity contribution in [3.8, 4) is 0 Å². The van der Waals surface area contributed by atoms with Gasteiger partial charge < -0.3 is 10.0 Å². The highest BCUT2D eigenvalue weighted by Gasteiger charge is 2.24. The van der Waals surface area contributed by atoms with Crippen LogP contribution in [0.3, 0.4) is 0 Å². The summed E-state index contributed by atoms with van der Waals surface area (Å²) in [6.07, 6.45) is 3.57. The van der Waals surface area contributed by atoms with Crippen molar-refractivity contribution in [2.75, 3.05) is 11.4 Å². The van der Waals surface area contributed by atoms with E-state index in [1.165, 1.54) is 11.8 Å². The summed E-state index contributed by atoms with van der Waals surface area (Å²) in [5.41, 5.74) is 0.134. The fraction of sp³-hybridized carbons (Fsp3) is 0.500. The molecule has 0 amide bonds. The number of halogens is 1. The van der Waals surface area contributed by atoms with Gasteiger partial charge in [0.15, 0.2) is 0 Å². The zero-order chi connectivity index (χ0) is 16.2. The standard InChI is InChI=1S/C14H20ClN3O3/c1-5-18(9(4)13(20)21)11-10(7-6-8(2)3)16-14(15)17-12(11)19/h6-9H,5H2,1-4H3,(H,20,21)(H,16,17,19)/b7-6-. The summed E-state index contributed by atoms with van der Waals surface area (Å²) in [7, 11) is 0. The normalized spacial score (nSPS) is 12.9. The highest BCUT2D eigenvalue weighted by atomic mass is 35.5. The van der Waals surface area contributed by atoms with Crippen molar-refractivity contribution < 1.29 is 9.90 Å². The predicted molar refractivity (Wildman–Crippen MR) is 83.9 cm³/mol. The van der Waals surface area contributed by atoms with Gasteiger partial charge in [-0.3, -0.25) is 9.78 Å². The third-order valence-electron chi connectivity index (χ3n) is 2.98. The van der Waals surface area contributed by atoms with E-state index in [9.17, 15) is 14.7 Å². The monoisotopic (exact) mass is 313 g/mol. The number of hydrogen-bond acceptors (Lipinski definition) is 4. The molecule has 0 aliphatic heterocycles. The van der Waals surface area contributed by atoms with Crippen LogP contribution in [0.4, 0.5) is 5.69 Å².